The van der Waals surface area contributed by atoms with Gasteiger partial charge in [-0.3, -0.25) is 4.79 Å². The molecule has 1 aromatic carbocycles. The highest BCUT2D eigenvalue weighted by Gasteiger charge is 2.11. The lowest BCUT2D eigenvalue weighted by Gasteiger charge is -2.09. The molecular formula is C17H23FN4O. The number of amides is 1. The number of unbranched alkanes of at least 4 members (excludes halogenated alkanes) is 3. The standard InChI is InChI=1S/C17H23FN4O/c1-13-12-16(20-17(23)6-4-2-3-5-11-19)22(21-13)15-9-7-14(18)8-10-15/h7-10,12H,2-6,11,19H2,1H3,(H,20,23). The zero-order valence-electron chi connectivity index (χ0n) is 13.4. The van der Waals surface area contributed by atoms with Crippen molar-refractivity contribution >= 4 is 11.7 Å². The van der Waals surface area contributed by atoms with Crippen LogP contribution in [0.15, 0.2) is 30.3 Å². The lowest BCUT2D eigenvalue weighted by Crippen LogP contribution is -2.14. The Bertz CT molecular complexity index is 637. The predicted octanol–water partition coefficient (Wildman–Crippen LogP) is 3.17. The first kappa shape index (κ1) is 17.1. The van der Waals surface area contributed by atoms with Gasteiger partial charge in [0.2, 0.25) is 5.91 Å². The molecule has 1 amide bonds. The Labute approximate surface area is 135 Å². The second-order valence-electron chi connectivity index (χ2n) is 5.56. The first-order chi connectivity index (χ1) is 11.1. The summed E-state index contributed by atoms with van der Waals surface area (Å²) in [5, 5.41) is 7.23. The van der Waals surface area contributed by atoms with Crippen molar-refractivity contribution in [1.82, 2.24) is 9.78 Å². The molecule has 0 aliphatic heterocycles. The van der Waals surface area contributed by atoms with Crippen molar-refractivity contribution in [3.05, 3.63) is 41.8 Å². The predicted molar refractivity (Wildman–Crippen MR) is 89.0 cm³/mol. The minimum atomic E-state index is -0.305. The largest absolute Gasteiger partial charge is 0.330 e. The Hall–Kier alpha value is -2.21. The zero-order chi connectivity index (χ0) is 16.7. The number of anilines is 1. The molecule has 1 aromatic heterocycles. The maximum atomic E-state index is 13.0. The van der Waals surface area contributed by atoms with E-state index in [9.17, 15) is 9.18 Å². The number of hydrogen-bond donors (Lipinski definition) is 2. The van der Waals surface area contributed by atoms with Gasteiger partial charge in [-0.05, 0) is 50.6 Å². The molecule has 2 rings (SSSR count). The van der Waals surface area contributed by atoms with Crippen LogP contribution < -0.4 is 11.1 Å². The molecule has 0 unspecified atom stereocenters. The molecule has 0 bridgehead atoms. The van der Waals surface area contributed by atoms with Crippen molar-refractivity contribution in [2.75, 3.05) is 11.9 Å². The fourth-order valence-corrected chi connectivity index (χ4v) is 2.36. The van der Waals surface area contributed by atoms with Crippen molar-refractivity contribution in [2.24, 2.45) is 5.73 Å². The first-order valence-corrected chi connectivity index (χ1v) is 7.92. The maximum Gasteiger partial charge on any atom is 0.225 e. The lowest BCUT2D eigenvalue weighted by molar-refractivity contribution is -0.116. The van der Waals surface area contributed by atoms with Gasteiger partial charge in [-0.1, -0.05) is 12.8 Å². The monoisotopic (exact) mass is 318 g/mol. The van der Waals surface area contributed by atoms with E-state index in [4.69, 9.17) is 5.73 Å². The van der Waals surface area contributed by atoms with Crippen LogP contribution in [0.4, 0.5) is 10.2 Å². The molecule has 23 heavy (non-hydrogen) atoms. The smallest absolute Gasteiger partial charge is 0.225 e. The number of halogens is 1. The summed E-state index contributed by atoms with van der Waals surface area (Å²) in [6, 6.07) is 7.80. The van der Waals surface area contributed by atoms with Crippen molar-refractivity contribution in [3.63, 3.8) is 0 Å². The number of aryl methyl sites for hydroxylation is 1. The molecule has 6 heteroatoms. The molecule has 0 spiro atoms. The fraction of sp³-hybridized carbons (Fsp3) is 0.412. The summed E-state index contributed by atoms with van der Waals surface area (Å²) in [6.07, 6.45) is 4.36. The van der Waals surface area contributed by atoms with Crippen LogP contribution in [0.5, 0.6) is 0 Å². The number of nitrogens with two attached hydrogens (primary N) is 1. The quantitative estimate of drug-likeness (QED) is 0.734. The molecule has 124 valence electrons. The molecule has 5 nitrogen and oxygen atoms in total. The number of nitrogens with zero attached hydrogens (tertiary/aromatic N) is 2. The van der Waals surface area contributed by atoms with Crippen molar-refractivity contribution in [3.8, 4) is 5.69 Å². The molecule has 0 fully saturated rings. The number of rotatable bonds is 8. The van der Waals surface area contributed by atoms with Gasteiger partial charge in [-0.2, -0.15) is 5.10 Å². The van der Waals surface area contributed by atoms with E-state index in [0.717, 1.165) is 31.4 Å². The third-order valence-corrected chi connectivity index (χ3v) is 3.53. The average Bonchev–Trinajstić information content (AvgIpc) is 2.88. The molecule has 0 atom stereocenters. The van der Waals surface area contributed by atoms with Gasteiger partial charge in [0.15, 0.2) is 0 Å². The Morgan fingerprint density at radius 2 is 1.91 bits per heavy atom. The average molecular weight is 318 g/mol. The van der Waals surface area contributed by atoms with Crippen LogP contribution in [0.3, 0.4) is 0 Å². The first-order valence-electron chi connectivity index (χ1n) is 7.92. The highest BCUT2D eigenvalue weighted by atomic mass is 19.1. The number of benzene rings is 1. The Morgan fingerprint density at radius 1 is 1.22 bits per heavy atom. The molecule has 3 N–H and O–H groups in total. The van der Waals surface area contributed by atoms with Gasteiger partial charge in [-0.25, -0.2) is 9.07 Å². The number of hydrogen-bond acceptors (Lipinski definition) is 3. The van der Waals surface area contributed by atoms with Crippen LogP contribution in [0.2, 0.25) is 0 Å². The molecule has 1 heterocycles. The van der Waals surface area contributed by atoms with E-state index in [2.05, 4.69) is 10.4 Å². The summed E-state index contributed by atoms with van der Waals surface area (Å²) in [5.74, 6) is 0.253. The van der Waals surface area contributed by atoms with Gasteiger partial charge in [0.05, 0.1) is 11.4 Å². The molecule has 0 saturated heterocycles. The minimum absolute atomic E-state index is 0.0407. The Kier molecular flexibility index (Phi) is 6.29. The molecule has 0 saturated carbocycles. The molecular weight excluding hydrogens is 295 g/mol. The topological polar surface area (TPSA) is 72.9 Å². The Balaban J connectivity index is 1.97. The van der Waals surface area contributed by atoms with Gasteiger partial charge in [0.1, 0.15) is 11.6 Å². The van der Waals surface area contributed by atoms with Crippen LogP contribution in [-0.2, 0) is 4.79 Å². The van der Waals surface area contributed by atoms with E-state index in [0.29, 0.717) is 24.5 Å². The highest BCUT2D eigenvalue weighted by Crippen LogP contribution is 2.18. The van der Waals surface area contributed by atoms with Gasteiger partial charge < -0.3 is 11.1 Å². The summed E-state index contributed by atoms with van der Waals surface area (Å²) in [7, 11) is 0. The molecule has 2 aromatic rings. The number of nitrogens with one attached hydrogen (secondary N) is 1. The van der Waals surface area contributed by atoms with Gasteiger partial charge in [-0.15, -0.1) is 0 Å². The van der Waals surface area contributed by atoms with E-state index in [1.165, 1.54) is 12.1 Å². The van der Waals surface area contributed by atoms with Gasteiger partial charge >= 0.3 is 0 Å². The zero-order valence-corrected chi connectivity index (χ0v) is 13.4. The molecule has 0 aliphatic rings. The van der Waals surface area contributed by atoms with Gasteiger partial charge in [0, 0.05) is 12.5 Å². The third kappa shape index (κ3) is 5.17. The van der Waals surface area contributed by atoms with E-state index >= 15 is 0 Å². The number of carbonyl (C=O) groups is 1. The normalized spacial score (nSPS) is 10.7. The highest BCUT2D eigenvalue weighted by molar-refractivity contribution is 5.90. The summed E-state index contributed by atoms with van der Waals surface area (Å²) < 4.78 is 14.7. The second-order valence-corrected chi connectivity index (χ2v) is 5.56. The number of aromatic nitrogens is 2. The molecule has 0 radical (unpaired) electrons. The van der Waals surface area contributed by atoms with Crippen LogP contribution in [0, 0.1) is 12.7 Å². The Morgan fingerprint density at radius 3 is 2.61 bits per heavy atom. The number of carbonyl (C=O) groups excluding carboxylic acids is 1. The van der Waals surface area contributed by atoms with Crippen LogP contribution >= 0.6 is 0 Å². The van der Waals surface area contributed by atoms with Crippen molar-refractivity contribution < 1.29 is 9.18 Å². The minimum Gasteiger partial charge on any atom is -0.330 e. The SMILES string of the molecule is Cc1cc(NC(=O)CCCCCCN)n(-c2ccc(F)cc2)n1. The summed E-state index contributed by atoms with van der Waals surface area (Å²) in [5.41, 5.74) is 6.93. The van der Waals surface area contributed by atoms with Crippen LogP contribution in [-0.4, -0.2) is 22.2 Å². The van der Waals surface area contributed by atoms with Crippen LogP contribution in [0.25, 0.3) is 5.69 Å². The van der Waals surface area contributed by atoms with E-state index in [1.807, 2.05) is 6.92 Å². The van der Waals surface area contributed by atoms with Crippen LogP contribution in [0.1, 0.15) is 37.8 Å². The van der Waals surface area contributed by atoms with Gasteiger partial charge in [0.25, 0.3) is 0 Å². The summed E-state index contributed by atoms with van der Waals surface area (Å²) >= 11 is 0. The van der Waals surface area contributed by atoms with Crippen molar-refractivity contribution in [1.29, 1.82) is 0 Å². The summed E-state index contributed by atoms with van der Waals surface area (Å²) in [6.45, 7) is 2.55. The van der Waals surface area contributed by atoms with E-state index in [1.54, 1.807) is 22.9 Å². The maximum absolute atomic E-state index is 13.0. The fourth-order valence-electron chi connectivity index (χ4n) is 2.36. The van der Waals surface area contributed by atoms with Crippen molar-refractivity contribution in [2.45, 2.75) is 39.0 Å². The third-order valence-electron chi connectivity index (χ3n) is 3.53. The second kappa shape index (κ2) is 8.43. The lowest BCUT2D eigenvalue weighted by atomic mass is 10.1. The van der Waals surface area contributed by atoms with E-state index in [-0.39, 0.29) is 11.7 Å². The van der Waals surface area contributed by atoms with E-state index < -0.39 is 0 Å². The summed E-state index contributed by atoms with van der Waals surface area (Å²) in [4.78, 5) is 12.1. The molecule has 0 aliphatic carbocycles.